The van der Waals surface area contributed by atoms with Gasteiger partial charge in [-0.2, -0.15) is 0 Å². The summed E-state index contributed by atoms with van der Waals surface area (Å²) >= 11 is 12.3. The summed E-state index contributed by atoms with van der Waals surface area (Å²) in [6.07, 6.45) is 4.52. The zero-order valence-corrected chi connectivity index (χ0v) is 15.3. The number of halogens is 2. The minimum absolute atomic E-state index is 0.285. The Labute approximate surface area is 164 Å². The summed E-state index contributed by atoms with van der Waals surface area (Å²) in [4.78, 5) is 16.5. The summed E-state index contributed by atoms with van der Waals surface area (Å²) in [5, 5.41) is 3.57. The van der Waals surface area contributed by atoms with E-state index in [0.717, 1.165) is 0 Å². The molecule has 0 atom stereocenters. The van der Waals surface area contributed by atoms with Crippen LogP contribution in [0.4, 0.5) is 5.69 Å². The lowest BCUT2D eigenvalue weighted by molar-refractivity contribution is -0.111. The highest BCUT2D eigenvalue weighted by atomic mass is 35.5. The normalized spacial score (nSPS) is 11.3. The molecule has 0 unspecified atom stereocenters. The number of benzene rings is 2. The molecule has 0 aliphatic carbocycles. The molecule has 2 heterocycles. The Balaban J connectivity index is 1.57. The molecule has 2 aromatic carbocycles. The van der Waals surface area contributed by atoms with Crippen molar-refractivity contribution in [1.82, 2.24) is 4.98 Å². The third-order valence-electron chi connectivity index (χ3n) is 3.78. The number of oxazole rings is 1. The van der Waals surface area contributed by atoms with Crippen molar-refractivity contribution >= 4 is 52.0 Å². The fourth-order valence-electron chi connectivity index (χ4n) is 2.52. The first kappa shape index (κ1) is 17.4. The number of anilines is 1. The molecule has 0 spiro atoms. The Kier molecular flexibility index (Phi) is 4.71. The van der Waals surface area contributed by atoms with E-state index in [2.05, 4.69) is 10.3 Å². The van der Waals surface area contributed by atoms with Crippen LogP contribution >= 0.6 is 23.2 Å². The van der Waals surface area contributed by atoms with Crippen LogP contribution in [0.5, 0.6) is 0 Å². The van der Waals surface area contributed by atoms with Gasteiger partial charge in [-0.25, -0.2) is 4.98 Å². The van der Waals surface area contributed by atoms with Gasteiger partial charge >= 0.3 is 0 Å². The van der Waals surface area contributed by atoms with E-state index >= 15 is 0 Å². The second-order valence-corrected chi connectivity index (χ2v) is 6.43. The fourth-order valence-corrected chi connectivity index (χ4v) is 2.90. The molecule has 4 aromatic rings. The fraction of sp³-hybridized carbons (Fsp3) is 0. The Morgan fingerprint density at radius 1 is 1.11 bits per heavy atom. The molecular weight excluding hydrogens is 387 g/mol. The zero-order chi connectivity index (χ0) is 18.8. The Hall–Kier alpha value is -3.02. The van der Waals surface area contributed by atoms with Gasteiger partial charge < -0.3 is 14.2 Å². The first-order chi connectivity index (χ1) is 13.1. The minimum Gasteiger partial charge on any atom is -0.465 e. The number of amides is 1. The topological polar surface area (TPSA) is 68.3 Å². The van der Waals surface area contributed by atoms with Crippen molar-refractivity contribution in [2.24, 2.45) is 0 Å². The molecule has 5 nitrogen and oxygen atoms in total. The lowest BCUT2D eigenvalue weighted by atomic mass is 10.2. The van der Waals surface area contributed by atoms with Crippen LogP contribution in [-0.4, -0.2) is 10.9 Å². The van der Waals surface area contributed by atoms with E-state index in [1.807, 2.05) is 0 Å². The number of nitrogens with zero attached hydrogens (tertiary/aromatic N) is 1. The molecule has 0 saturated carbocycles. The van der Waals surface area contributed by atoms with E-state index < -0.39 is 0 Å². The average molecular weight is 399 g/mol. The van der Waals surface area contributed by atoms with Gasteiger partial charge in [0.25, 0.3) is 0 Å². The lowest BCUT2D eigenvalue weighted by Crippen LogP contribution is -2.07. The van der Waals surface area contributed by atoms with Gasteiger partial charge in [0.1, 0.15) is 11.3 Å². The molecule has 4 rings (SSSR count). The highest BCUT2D eigenvalue weighted by molar-refractivity contribution is 6.43. The molecule has 0 aliphatic heterocycles. The highest BCUT2D eigenvalue weighted by Crippen LogP contribution is 2.34. The maximum atomic E-state index is 12.0. The zero-order valence-electron chi connectivity index (χ0n) is 13.8. The smallest absolute Gasteiger partial charge is 0.248 e. The molecule has 2 aromatic heterocycles. The van der Waals surface area contributed by atoms with Gasteiger partial charge in [0.15, 0.2) is 5.58 Å². The van der Waals surface area contributed by atoms with E-state index in [4.69, 9.17) is 32.0 Å². The van der Waals surface area contributed by atoms with Gasteiger partial charge in [0.05, 0.1) is 21.9 Å². The quantitative estimate of drug-likeness (QED) is 0.425. The second-order valence-electron chi connectivity index (χ2n) is 5.64. The van der Waals surface area contributed by atoms with Crippen molar-refractivity contribution < 1.29 is 13.6 Å². The molecule has 0 fully saturated rings. The van der Waals surface area contributed by atoms with E-state index in [9.17, 15) is 4.79 Å². The Morgan fingerprint density at radius 2 is 2.00 bits per heavy atom. The lowest BCUT2D eigenvalue weighted by Gasteiger charge is -2.00. The van der Waals surface area contributed by atoms with Crippen molar-refractivity contribution in [3.05, 3.63) is 76.7 Å². The maximum Gasteiger partial charge on any atom is 0.248 e. The summed E-state index contributed by atoms with van der Waals surface area (Å²) in [6, 6.07) is 13.9. The summed E-state index contributed by atoms with van der Waals surface area (Å²) in [6.45, 7) is 0. The van der Waals surface area contributed by atoms with Crippen molar-refractivity contribution in [1.29, 1.82) is 0 Å². The van der Waals surface area contributed by atoms with Crippen LogP contribution in [0.1, 0.15) is 5.76 Å². The predicted octanol–water partition coefficient (Wildman–Crippen LogP) is 6.05. The van der Waals surface area contributed by atoms with E-state index in [1.54, 1.807) is 60.9 Å². The number of carbonyl (C=O) groups is 1. The number of nitrogens with one attached hydrogen (secondary N) is 1. The molecule has 1 N–H and O–H groups in total. The SMILES string of the molecule is O=C(/C=C/c1ccco1)Nc1ccc2oc(-c3cccc(Cl)c3Cl)nc2c1. The monoisotopic (exact) mass is 398 g/mol. The Bertz CT molecular complexity index is 1150. The van der Waals surface area contributed by atoms with Crippen LogP contribution in [0.15, 0.2) is 69.7 Å². The minimum atomic E-state index is -0.285. The number of carbonyl (C=O) groups excluding carboxylic acids is 1. The molecule has 0 aliphatic rings. The molecule has 0 radical (unpaired) electrons. The summed E-state index contributed by atoms with van der Waals surface area (Å²) in [5.74, 6) is 0.672. The van der Waals surface area contributed by atoms with Crippen LogP contribution in [0.2, 0.25) is 10.0 Å². The predicted molar refractivity (Wildman–Crippen MR) is 106 cm³/mol. The van der Waals surface area contributed by atoms with Gasteiger partial charge in [-0.15, -0.1) is 0 Å². The standard InChI is InChI=1S/C20H12Cl2N2O3/c21-15-5-1-4-14(19(15)22)20-24-16-11-12(6-8-17(16)27-20)23-18(25)9-7-13-3-2-10-26-13/h1-11H,(H,23,25)/b9-7+. The molecule has 27 heavy (non-hydrogen) atoms. The van der Waals surface area contributed by atoms with Crippen molar-refractivity contribution in [2.75, 3.05) is 5.32 Å². The molecule has 0 saturated heterocycles. The molecular formula is C20H12Cl2N2O3. The molecule has 134 valence electrons. The van der Waals surface area contributed by atoms with Gasteiger partial charge in [-0.05, 0) is 48.5 Å². The molecule has 0 bridgehead atoms. The number of furan rings is 1. The largest absolute Gasteiger partial charge is 0.465 e. The number of hydrogen-bond acceptors (Lipinski definition) is 4. The van der Waals surface area contributed by atoms with Gasteiger partial charge in [0, 0.05) is 11.8 Å². The van der Waals surface area contributed by atoms with E-state index in [-0.39, 0.29) is 5.91 Å². The van der Waals surface area contributed by atoms with Crippen LogP contribution in [0.25, 0.3) is 28.6 Å². The van der Waals surface area contributed by atoms with Gasteiger partial charge in [-0.3, -0.25) is 4.79 Å². The number of hydrogen-bond donors (Lipinski definition) is 1. The third kappa shape index (κ3) is 3.74. The molecule has 1 amide bonds. The molecule has 7 heteroatoms. The third-order valence-corrected chi connectivity index (χ3v) is 4.60. The Morgan fingerprint density at radius 3 is 2.81 bits per heavy atom. The highest BCUT2D eigenvalue weighted by Gasteiger charge is 2.14. The summed E-state index contributed by atoms with van der Waals surface area (Å²) in [5.41, 5.74) is 2.36. The van der Waals surface area contributed by atoms with Gasteiger partial charge in [0.2, 0.25) is 11.8 Å². The van der Waals surface area contributed by atoms with E-state index in [0.29, 0.717) is 44.0 Å². The van der Waals surface area contributed by atoms with E-state index in [1.165, 1.54) is 6.08 Å². The number of fused-ring (bicyclic) bond motifs is 1. The first-order valence-electron chi connectivity index (χ1n) is 7.98. The van der Waals surface area contributed by atoms with Crippen LogP contribution in [0.3, 0.4) is 0 Å². The van der Waals surface area contributed by atoms with Crippen molar-refractivity contribution in [2.45, 2.75) is 0 Å². The summed E-state index contributed by atoms with van der Waals surface area (Å²) in [7, 11) is 0. The van der Waals surface area contributed by atoms with Crippen LogP contribution < -0.4 is 5.32 Å². The van der Waals surface area contributed by atoms with Gasteiger partial charge in [-0.1, -0.05) is 29.3 Å². The number of aromatic nitrogens is 1. The second kappa shape index (κ2) is 7.31. The maximum absolute atomic E-state index is 12.0. The summed E-state index contributed by atoms with van der Waals surface area (Å²) < 4.78 is 10.9. The van der Waals surface area contributed by atoms with Crippen LogP contribution in [0, 0.1) is 0 Å². The van der Waals surface area contributed by atoms with Crippen molar-refractivity contribution in [3.8, 4) is 11.5 Å². The number of rotatable bonds is 4. The van der Waals surface area contributed by atoms with Crippen molar-refractivity contribution in [3.63, 3.8) is 0 Å². The first-order valence-corrected chi connectivity index (χ1v) is 8.73. The van der Waals surface area contributed by atoms with Crippen LogP contribution in [-0.2, 0) is 4.79 Å². The average Bonchev–Trinajstić information content (AvgIpc) is 3.31.